The summed E-state index contributed by atoms with van der Waals surface area (Å²) in [6.07, 6.45) is 12.6. The quantitative estimate of drug-likeness (QED) is 0.569. The van der Waals surface area contributed by atoms with Crippen molar-refractivity contribution in [2.24, 2.45) is 0 Å². The van der Waals surface area contributed by atoms with Crippen LogP contribution in [-0.2, 0) is 0 Å². The van der Waals surface area contributed by atoms with E-state index in [1.807, 2.05) is 11.8 Å². The number of allylic oxidation sites excluding steroid dienone is 3. The highest BCUT2D eigenvalue weighted by atomic mass is 32.2. The maximum absolute atomic E-state index is 2.33. The standard InChI is InChI=1S/C12H22S/c1-5-7-9-12(13-4)10-11(3)8-6-2/h7-9,12H,5-6,10H2,1-4H3/b9-7+,11-8+. The molecule has 0 aliphatic carbocycles. The largest absolute Gasteiger partial charge is 0.158 e. The van der Waals surface area contributed by atoms with E-state index in [2.05, 4.69) is 45.3 Å². The molecule has 0 aromatic carbocycles. The van der Waals surface area contributed by atoms with Gasteiger partial charge in [-0.1, -0.05) is 37.6 Å². The molecular weight excluding hydrogens is 176 g/mol. The minimum Gasteiger partial charge on any atom is -0.158 e. The van der Waals surface area contributed by atoms with Crippen LogP contribution in [0.15, 0.2) is 23.8 Å². The molecule has 0 aliphatic rings. The number of rotatable bonds is 6. The van der Waals surface area contributed by atoms with E-state index in [1.165, 1.54) is 12.0 Å². The molecule has 0 N–H and O–H groups in total. The summed E-state index contributed by atoms with van der Waals surface area (Å²) in [6, 6.07) is 0. The predicted molar refractivity (Wildman–Crippen MR) is 65.4 cm³/mol. The van der Waals surface area contributed by atoms with Crippen molar-refractivity contribution in [3.63, 3.8) is 0 Å². The minimum absolute atomic E-state index is 0.669. The van der Waals surface area contributed by atoms with Crippen molar-refractivity contribution in [3.8, 4) is 0 Å². The van der Waals surface area contributed by atoms with E-state index in [4.69, 9.17) is 0 Å². The zero-order valence-corrected chi connectivity index (χ0v) is 10.2. The Morgan fingerprint density at radius 1 is 1.31 bits per heavy atom. The van der Waals surface area contributed by atoms with Crippen molar-refractivity contribution in [1.82, 2.24) is 0 Å². The fourth-order valence-electron chi connectivity index (χ4n) is 1.27. The van der Waals surface area contributed by atoms with E-state index in [1.54, 1.807) is 0 Å². The summed E-state index contributed by atoms with van der Waals surface area (Å²) in [7, 11) is 0. The molecule has 13 heavy (non-hydrogen) atoms. The topological polar surface area (TPSA) is 0 Å². The van der Waals surface area contributed by atoms with Crippen LogP contribution in [0.5, 0.6) is 0 Å². The average Bonchev–Trinajstić information content (AvgIpc) is 2.12. The fraction of sp³-hybridized carbons (Fsp3) is 0.667. The van der Waals surface area contributed by atoms with Crippen molar-refractivity contribution in [2.45, 2.75) is 45.3 Å². The Balaban J connectivity index is 3.97. The summed E-state index contributed by atoms with van der Waals surface area (Å²) in [4.78, 5) is 0. The van der Waals surface area contributed by atoms with Gasteiger partial charge in [0, 0.05) is 5.25 Å². The van der Waals surface area contributed by atoms with E-state index in [-0.39, 0.29) is 0 Å². The van der Waals surface area contributed by atoms with Gasteiger partial charge in [0.1, 0.15) is 0 Å². The SMILES string of the molecule is CC/C=C/C(C/C(C)=C/CC)SC. The zero-order valence-electron chi connectivity index (χ0n) is 9.34. The van der Waals surface area contributed by atoms with Gasteiger partial charge in [-0.05, 0) is 32.4 Å². The molecule has 0 rings (SSSR count). The van der Waals surface area contributed by atoms with Crippen molar-refractivity contribution in [3.05, 3.63) is 23.8 Å². The molecule has 0 saturated heterocycles. The van der Waals surface area contributed by atoms with Crippen LogP contribution in [0.1, 0.15) is 40.0 Å². The zero-order chi connectivity index (χ0) is 10.1. The van der Waals surface area contributed by atoms with Crippen LogP contribution in [0, 0.1) is 0 Å². The lowest BCUT2D eigenvalue weighted by Gasteiger charge is -2.09. The Morgan fingerprint density at radius 3 is 2.46 bits per heavy atom. The van der Waals surface area contributed by atoms with Crippen LogP contribution in [0.25, 0.3) is 0 Å². The maximum Gasteiger partial charge on any atom is 0.0261 e. The molecule has 0 aromatic heterocycles. The molecule has 0 radical (unpaired) electrons. The van der Waals surface area contributed by atoms with Gasteiger partial charge in [-0.3, -0.25) is 0 Å². The maximum atomic E-state index is 2.33. The Morgan fingerprint density at radius 2 is 2.00 bits per heavy atom. The van der Waals surface area contributed by atoms with Gasteiger partial charge in [0.15, 0.2) is 0 Å². The molecule has 0 amide bonds. The second kappa shape index (κ2) is 8.43. The Labute approximate surface area is 87.5 Å². The van der Waals surface area contributed by atoms with Crippen molar-refractivity contribution >= 4 is 11.8 Å². The van der Waals surface area contributed by atoms with Gasteiger partial charge in [-0.2, -0.15) is 11.8 Å². The molecule has 0 heterocycles. The highest BCUT2D eigenvalue weighted by Gasteiger charge is 2.02. The average molecular weight is 198 g/mol. The van der Waals surface area contributed by atoms with Crippen LogP contribution >= 0.6 is 11.8 Å². The molecule has 1 atom stereocenters. The molecule has 0 aliphatic heterocycles. The first kappa shape index (κ1) is 12.8. The smallest absolute Gasteiger partial charge is 0.0261 e. The van der Waals surface area contributed by atoms with Crippen LogP contribution in [0.4, 0.5) is 0 Å². The van der Waals surface area contributed by atoms with Crippen LogP contribution < -0.4 is 0 Å². The molecule has 0 nitrogen and oxygen atoms in total. The Bertz CT molecular complexity index is 168. The highest BCUT2D eigenvalue weighted by molar-refractivity contribution is 7.99. The second-order valence-corrected chi connectivity index (χ2v) is 4.35. The van der Waals surface area contributed by atoms with Crippen LogP contribution in [-0.4, -0.2) is 11.5 Å². The molecule has 0 aromatic rings. The summed E-state index contributed by atoms with van der Waals surface area (Å²) in [5.41, 5.74) is 1.52. The lowest BCUT2D eigenvalue weighted by molar-refractivity contribution is 0.972. The van der Waals surface area contributed by atoms with Gasteiger partial charge in [-0.25, -0.2) is 0 Å². The molecule has 1 unspecified atom stereocenters. The molecule has 0 bridgehead atoms. The summed E-state index contributed by atoms with van der Waals surface area (Å²) in [5.74, 6) is 0. The van der Waals surface area contributed by atoms with E-state index in [0.717, 1.165) is 12.8 Å². The van der Waals surface area contributed by atoms with Gasteiger partial charge in [0.05, 0.1) is 0 Å². The summed E-state index contributed by atoms with van der Waals surface area (Å²) in [5, 5.41) is 0.669. The first-order valence-electron chi connectivity index (χ1n) is 5.09. The number of hydrogen-bond acceptors (Lipinski definition) is 1. The lowest BCUT2D eigenvalue weighted by Crippen LogP contribution is -1.97. The third-order valence-electron chi connectivity index (χ3n) is 1.96. The molecule has 0 fully saturated rings. The molecule has 1 heteroatoms. The summed E-state index contributed by atoms with van der Waals surface area (Å²) in [6.45, 7) is 6.61. The highest BCUT2D eigenvalue weighted by Crippen LogP contribution is 2.18. The fourth-order valence-corrected chi connectivity index (χ4v) is 1.96. The summed E-state index contributed by atoms with van der Waals surface area (Å²) < 4.78 is 0. The predicted octanol–water partition coefficient (Wildman–Crippen LogP) is 4.43. The van der Waals surface area contributed by atoms with Crippen molar-refractivity contribution in [1.29, 1.82) is 0 Å². The molecule has 76 valence electrons. The normalized spacial score (nSPS) is 15.2. The second-order valence-electron chi connectivity index (χ2n) is 3.27. The van der Waals surface area contributed by atoms with Crippen LogP contribution in [0.3, 0.4) is 0 Å². The molecule has 0 saturated carbocycles. The monoisotopic (exact) mass is 198 g/mol. The summed E-state index contributed by atoms with van der Waals surface area (Å²) >= 11 is 1.94. The molecular formula is C12H22S. The van der Waals surface area contributed by atoms with Gasteiger partial charge in [0.25, 0.3) is 0 Å². The Hall–Kier alpha value is -0.170. The van der Waals surface area contributed by atoms with E-state index in [0.29, 0.717) is 5.25 Å². The van der Waals surface area contributed by atoms with Crippen molar-refractivity contribution < 1.29 is 0 Å². The first-order valence-corrected chi connectivity index (χ1v) is 6.38. The van der Waals surface area contributed by atoms with Gasteiger partial charge in [-0.15, -0.1) is 0 Å². The van der Waals surface area contributed by atoms with Gasteiger partial charge < -0.3 is 0 Å². The third-order valence-corrected chi connectivity index (χ3v) is 2.89. The van der Waals surface area contributed by atoms with Crippen molar-refractivity contribution in [2.75, 3.05) is 6.26 Å². The van der Waals surface area contributed by atoms with Gasteiger partial charge >= 0.3 is 0 Å². The van der Waals surface area contributed by atoms with E-state index < -0.39 is 0 Å². The molecule has 0 spiro atoms. The number of thioether (sulfide) groups is 1. The van der Waals surface area contributed by atoms with E-state index >= 15 is 0 Å². The lowest BCUT2D eigenvalue weighted by atomic mass is 10.1. The first-order chi connectivity index (χ1) is 6.24. The Kier molecular flexibility index (Phi) is 8.32. The van der Waals surface area contributed by atoms with E-state index in [9.17, 15) is 0 Å². The van der Waals surface area contributed by atoms with Crippen LogP contribution in [0.2, 0.25) is 0 Å². The number of hydrogen-bond donors (Lipinski definition) is 0. The minimum atomic E-state index is 0.669. The van der Waals surface area contributed by atoms with Gasteiger partial charge in [0.2, 0.25) is 0 Å². The third kappa shape index (κ3) is 6.94.